The molecule has 0 bridgehead atoms. The van der Waals surface area contributed by atoms with Crippen LogP contribution in [0, 0.1) is 0 Å². The Labute approximate surface area is 134 Å². The molecule has 21 heavy (non-hydrogen) atoms. The van der Waals surface area contributed by atoms with Crippen LogP contribution in [-0.4, -0.2) is 0 Å². The lowest BCUT2D eigenvalue weighted by atomic mass is 9.86. The first-order valence-electron chi connectivity index (χ1n) is 6.89. The minimum atomic E-state index is 0.128. The van der Waals surface area contributed by atoms with Crippen LogP contribution in [0.1, 0.15) is 26.3 Å². The van der Waals surface area contributed by atoms with Gasteiger partial charge in [-0.15, -0.1) is 11.3 Å². The summed E-state index contributed by atoms with van der Waals surface area (Å²) in [7, 11) is 0. The fourth-order valence-corrected chi connectivity index (χ4v) is 3.23. The minimum Gasteiger partial charge on any atom is -0.456 e. The molecule has 1 nitrogen and oxygen atoms in total. The third kappa shape index (κ3) is 3.07. The summed E-state index contributed by atoms with van der Waals surface area (Å²) in [6.45, 7) is 6.66. The first-order valence-corrected chi connectivity index (χ1v) is 8.14. The molecule has 0 fully saturated rings. The van der Waals surface area contributed by atoms with Crippen molar-refractivity contribution in [1.29, 1.82) is 0 Å². The zero-order valence-corrected chi connectivity index (χ0v) is 13.9. The number of hydrogen-bond donors (Lipinski definition) is 0. The van der Waals surface area contributed by atoms with Crippen molar-refractivity contribution < 1.29 is 4.74 Å². The van der Waals surface area contributed by atoms with E-state index < -0.39 is 0 Å². The van der Waals surface area contributed by atoms with Crippen molar-refractivity contribution in [3.8, 4) is 11.5 Å². The Kier molecular flexibility index (Phi) is 3.68. The first kappa shape index (κ1) is 14.4. The van der Waals surface area contributed by atoms with Crippen LogP contribution in [0.2, 0.25) is 5.02 Å². The molecule has 3 rings (SSSR count). The van der Waals surface area contributed by atoms with E-state index in [4.69, 9.17) is 16.3 Å². The second kappa shape index (κ2) is 5.36. The number of halogens is 1. The summed E-state index contributed by atoms with van der Waals surface area (Å²) < 4.78 is 7.24. The van der Waals surface area contributed by atoms with Crippen LogP contribution in [0.5, 0.6) is 11.5 Å². The number of hydrogen-bond acceptors (Lipinski definition) is 2. The van der Waals surface area contributed by atoms with Crippen molar-refractivity contribution in [2.75, 3.05) is 0 Å². The Morgan fingerprint density at radius 1 is 1.05 bits per heavy atom. The molecule has 3 aromatic rings. The van der Waals surface area contributed by atoms with Crippen LogP contribution < -0.4 is 4.74 Å². The van der Waals surface area contributed by atoms with Gasteiger partial charge in [0.1, 0.15) is 11.5 Å². The van der Waals surface area contributed by atoms with Gasteiger partial charge in [0.25, 0.3) is 0 Å². The number of thiophene rings is 1. The topological polar surface area (TPSA) is 9.23 Å². The molecule has 2 aromatic carbocycles. The molecule has 1 heterocycles. The van der Waals surface area contributed by atoms with E-state index in [1.807, 2.05) is 24.3 Å². The number of rotatable bonds is 2. The van der Waals surface area contributed by atoms with E-state index in [1.54, 1.807) is 11.3 Å². The van der Waals surface area contributed by atoms with Crippen LogP contribution in [0.4, 0.5) is 0 Å². The molecule has 0 saturated heterocycles. The molecular formula is C18H17ClOS. The first-order chi connectivity index (χ1) is 9.93. The van der Waals surface area contributed by atoms with Gasteiger partial charge in [0.2, 0.25) is 0 Å². The zero-order chi connectivity index (χ0) is 15.0. The highest BCUT2D eigenvalue weighted by molar-refractivity contribution is 7.17. The second-order valence-electron chi connectivity index (χ2n) is 6.12. The van der Waals surface area contributed by atoms with E-state index in [0.29, 0.717) is 5.02 Å². The monoisotopic (exact) mass is 316 g/mol. The standard InChI is InChI=1S/C18H17ClOS/c1-18(2,3)12-7-8-17-15(9-12)16(11-21-17)20-14-6-4-5-13(19)10-14/h4-11H,1-3H3. The normalized spacial score (nSPS) is 11.8. The number of fused-ring (bicyclic) bond motifs is 1. The largest absolute Gasteiger partial charge is 0.456 e. The molecule has 0 N–H and O–H groups in total. The molecule has 0 saturated carbocycles. The predicted octanol–water partition coefficient (Wildman–Crippen LogP) is 6.64. The summed E-state index contributed by atoms with van der Waals surface area (Å²) in [4.78, 5) is 0. The maximum atomic E-state index is 6.01. The molecule has 0 aliphatic heterocycles. The molecule has 1 aromatic heterocycles. The van der Waals surface area contributed by atoms with E-state index in [0.717, 1.165) is 16.9 Å². The maximum Gasteiger partial charge on any atom is 0.145 e. The second-order valence-corrected chi connectivity index (χ2v) is 7.47. The lowest BCUT2D eigenvalue weighted by molar-refractivity contribution is 0.490. The third-order valence-electron chi connectivity index (χ3n) is 3.43. The van der Waals surface area contributed by atoms with Gasteiger partial charge in [0, 0.05) is 20.5 Å². The van der Waals surface area contributed by atoms with Crippen molar-refractivity contribution in [2.45, 2.75) is 26.2 Å². The van der Waals surface area contributed by atoms with E-state index in [9.17, 15) is 0 Å². The van der Waals surface area contributed by atoms with Crippen LogP contribution in [-0.2, 0) is 5.41 Å². The third-order valence-corrected chi connectivity index (χ3v) is 4.60. The number of benzene rings is 2. The van der Waals surface area contributed by atoms with Crippen LogP contribution in [0.3, 0.4) is 0 Å². The predicted molar refractivity (Wildman–Crippen MR) is 92.1 cm³/mol. The highest BCUT2D eigenvalue weighted by Gasteiger charge is 2.16. The van der Waals surface area contributed by atoms with E-state index in [1.165, 1.54) is 10.3 Å². The van der Waals surface area contributed by atoms with E-state index in [2.05, 4.69) is 44.4 Å². The molecule has 0 unspecified atom stereocenters. The SMILES string of the molecule is CC(C)(C)c1ccc2scc(Oc3cccc(Cl)c3)c2c1. The summed E-state index contributed by atoms with van der Waals surface area (Å²) in [5, 5.41) is 3.90. The van der Waals surface area contributed by atoms with Crippen LogP contribution >= 0.6 is 22.9 Å². The fraction of sp³-hybridized carbons (Fsp3) is 0.222. The molecule has 0 aliphatic carbocycles. The molecule has 0 aliphatic rings. The Balaban J connectivity index is 2.03. The Morgan fingerprint density at radius 2 is 1.86 bits per heavy atom. The molecule has 0 spiro atoms. The van der Waals surface area contributed by atoms with Gasteiger partial charge in [-0.3, -0.25) is 0 Å². The van der Waals surface area contributed by atoms with Gasteiger partial charge in [-0.2, -0.15) is 0 Å². The molecule has 0 radical (unpaired) electrons. The summed E-state index contributed by atoms with van der Waals surface area (Å²) in [5.41, 5.74) is 1.44. The van der Waals surface area contributed by atoms with Crippen molar-refractivity contribution in [3.05, 3.63) is 58.4 Å². The van der Waals surface area contributed by atoms with Gasteiger partial charge in [-0.1, -0.05) is 44.5 Å². The average Bonchev–Trinajstić information content (AvgIpc) is 2.80. The van der Waals surface area contributed by atoms with Gasteiger partial charge in [0.15, 0.2) is 0 Å². The van der Waals surface area contributed by atoms with Crippen molar-refractivity contribution in [1.82, 2.24) is 0 Å². The Hall–Kier alpha value is -1.51. The highest BCUT2D eigenvalue weighted by atomic mass is 35.5. The summed E-state index contributed by atoms with van der Waals surface area (Å²) >= 11 is 7.71. The van der Waals surface area contributed by atoms with E-state index in [-0.39, 0.29) is 5.41 Å². The van der Waals surface area contributed by atoms with Gasteiger partial charge < -0.3 is 4.74 Å². The quantitative estimate of drug-likeness (QED) is 0.514. The van der Waals surface area contributed by atoms with E-state index >= 15 is 0 Å². The van der Waals surface area contributed by atoms with Crippen molar-refractivity contribution >= 4 is 33.0 Å². The zero-order valence-electron chi connectivity index (χ0n) is 12.3. The Morgan fingerprint density at radius 3 is 2.57 bits per heavy atom. The summed E-state index contributed by atoms with van der Waals surface area (Å²) in [6.07, 6.45) is 0. The molecule has 108 valence electrons. The smallest absolute Gasteiger partial charge is 0.145 e. The van der Waals surface area contributed by atoms with Gasteiger partial charge in [0.05, 0.1) is 0 Å². The average molecular weight is 317 g/mol. The fourth-order valence-electron chi connectivity index (χ4n) is 2.21. The lowest BCUT2D eigenvalue weighted by Gasteiger charge is -2.19. The summed E-state index contributed by atoms with van der Waals surface area (Å²) in [5.74, 6) is 1.66. The maximum absolute atomic E-state index is 6.01. The van der Waals surface area contributed by atoms with Crippen LogP contribution in [0.15, 0.2) is 47.8 Å². The van der Waals surface area contributed by atoms with Gasteiger partial charge >= 0.3 is 0 Å². The molecule has 0 amide bonds. The number of ether oxygens (including phenoxy) is 1. The minimum absolute atomic E-state index is 0.128. The van der Waals surface area contributed by atoms with Crippen LogP contribution in [0.25, 0.3) is 10.1 Å². The molecule has 0 atom stereocenters. The van der Waals surface area contributed by atoms with Crippen molar-refractivity contribution in [2.24, 2.45) is 0 Å². The lowest BCUT2D eigenvalue weighted by Crippen LogP contribution is -2.10. The molecular weight excluding hydrogens is 300 g/mol. The van der Waals surface area contributed by atoms with Gasteiger partial charge in [-0.05, 0) is 41.3 Å². The summed E-state index contributed by atoms with van der Waals surface area (Å²) in [6, 6.07) is 14.1. The van der Waals surface area contributed by atoms with Gasteiger partial charge in [-0.25, -0.2) is 0 Å². The highest BCUT2D eigenvalue weighted by Crippen LogP contribution is 2.38. The van der Waals surface area contributed by atoms with Crippen molar-refractivity contribution in [3.63, 3.8) is 0 Å². The molecule has 3 heteroatoms. The Bertz CT molecular complexity index is 783.